The van der Waals surface area contributed by atoms with Crippen LogP contribution in [0.4, 0.5) is 0 Å². The Bertz CT molecular complexity index is 254. The van der Waals surface area contributed by atoms with Gasteiger partial charge in [0.1, 0.15) is 0 Å². The largest absolute Gasteiger partial charge is 0.304 e. The second-order valence-electron chi connectivity index (χ2n) is 2.28. The molecule has 0 aromatic rings. The lowest BCUT2D eigenvalue weighted by atomic mass is 10.1. The van der Waals surface area contributed by atoms with E-state index in [0.29, 0.717) is 0 Å². The molecule has 0 saturated carbocycles. The van der Waals surface area contributed by atoms with Gasteiger partial charge in [-0.15, -0.1) is 0 Å². The maximum absolute atomic E-state index is 7.42. The first kappa shape index (κ1) is 4.74. The molecule has 0 aromatic heterocycles. The van der Waals surface area contributed by atoms with Crippen molar-refractivity contribution in [1.82, 2.24) is 0 Å². The van der Waals surface area contributed by atoms with Gasteiger partial charge in [-0.3, -0.25) is 0 Å². The fourth-order valence-corrected chi connectivity index (χ4v) is 1.21. The predicted octanol–water partition coefficient (Wildman–Crippen LogP) is 1.83. The van der Waals surface area contributed by atoms with Gasteiger partial charge in [0, 0.05) is 17.7 Å². The highest BCUT2D eigenvalue weighted by Gasteiger charge is 2.16. The van der Waals surface area contributed by atoms with E-state index < -0.39 is 0 Å². The predicted molar refractivity (Wildman–Crippen MR) is 37.6 cm³/mol. The zero-order valence-corrected chi connectivity index (χ0v) is 5.02. The highest BCUT2D eigenvalue weighted by molar-refractivity contribution is 6.07. The maximum atomic E-state index is 7.42. The summed E-state index contributed by atoms with van der Waals surface area (Å²) in [6.07, 6.45) is 8.97. The number of fused-ring (bicyclic) bond motifs is 1. The second kappa shape index (κ2) is 1.44. The first-order chi connectivity index (χ1) is 4.38. The van der Waals surface area contributed by atoms with Crippen LogP contribution in [-0.4, -0.2) is 5.71 Å². The van der Waals surface area contributed by atoms with Crippen LogP contribution in [0.2, 0.25) is 0 Å². The molecule has 0 heterocycles. The SMILES string of the molecule is N=C1CC=C2C=CC=C12. The van der Waals surface area contributed by atoms with Crippen molar-refractivity contribution < 1.29 is 0 Å². The molecule has 0 amide bonds. The lowest BCUT2D eigenvalue weighted by Crippen LogP contribution is -1.90. The summed E-state index contributed by atoms with van der Waals surface area (Å²) in [7, 11) is 0. The number of hydrogen-bond acceptors (Lipinski definition) is 1. The molecule has 0 unspecified atom stereocenters. The second-order valence-corrected chi connectivity index (χ2v) is 2.28. The molecule has 0 atom stereocenters. The molecule has 0 aromatic carbocycles. The average Bonchev–Trinajstić information content (AvgIpc) is 2.35. The lowest BCUT2D eigenvalue weighted by molar-refractivity contribution is 1.41. The van der Waals surface area contributed by atoms with Gasteiger partial charge < -0.3 is 5.41 Å². The third kappa shape index (κ3) is 0.515. The van der Waals surface area contributed by atoms with E-state index in [9.17, 15) is 0 Å². The minimum atomic E-state index is 0.759. The molecule has 0 bridgehead atoms. The zero-order valence-electron chi connectivity index (χ0n) is 5.02. The number of hydrogen-bond donors (Lipinski definition) is 1. The van der Waals surface area contributed by atoms with Gasteiger partial charge in [-0.25, -0.2) is 0 Å². The lowest BCUT2D eigenvalue weighted by Gasteiger charge is -1.91. The molecular weight excluding hydrogens is 110 g/mol. The van der Waals surface area contributed by atoms with Crippen molar-refractivity contribution in [2.75, 3.05) is 0 Å². The molecule has 0 radical (unpaired) electrons. The van der Waals surface area contributed by atoms with Gasteiger partial charge in [0.2, 0.25) is 0 Å². The topological polar surface area (TPSA) is 23.9 Å². The summed E-state index contributed by atoms with van der Waals surface area (Å²) in [6, 6.07) is 0. The van der Waals surface area contributed by atoms with E-state index in [0.717, 1.165) is 17.7 Å². The average molecular weight is 117 g/mol. The Hall–Kier alpha value is -1.11. The summed E-state index contributed by atoms with van der Waals surface area (Å²) >= 11 is 0. The Labute approximate surface area is 53.9 Å². The van der Waals surface area contributed by atoms with Crippen LogP contribution in [0.5, 0.6) is 0 Å². The van der Waals surface area contributed by atoms with Crippen LogP contribution in [0.15, 0.2) is 35.5 Å². The maximum Gasteiger partial charge on any atom is 0.0430 e. The molecule has 44 valence electrons. The first-order valence-corrected chi connectivity index (χ1v) is 3.04. The fourth-order valence-electron chi connectivity index (χ4n) is 1.21. The molecule has 0 aliphatic heterocycles. The highest BCUT2D eigenvalue weighted by Crippen LogP contribution is 2.26. The summed E-state index contributed by atoms with van der Waals surface area (Å²) in [6.45, 7) is 0. The summed E-state index contributed by atoms with van der Waals surface area (Å²) < 4.78 is 0. The quantitative estimate of drug-likeness (QED) is 0.500. The highest BCUT2D eigenvalue weighted by atomic mass is 14.4. The molecule has 2 rings (SSSR count). The van der Waals surface area contributed by atoms with Gasteiger partial charge in [-0.1, -0.05) is 24.3 Å². The first-order valence-electron chi connectivity index (χ1n) is 3.04. The van der Waals surface area contributed by atoms with Crippen LogP contribution in [0, 0.1) is 5.41 Å². The van der Waals surface area contributed by atoms with E-state index in [1.807, 2.05) is 12.2 Å². The van der Waals surface area contributed by atoms with Gasteiger partial charge in [0.05, 0.1) is 0 Å². The third-order valence-corrected chi connectivity index (χ3v) is 1.70. The smallest absolute Gasteiger partial charge is 0.0430 e. The third-order valence-electron chi connectivity index (χ3n) is 1.70. The Morgan fingerprint density at radius 1 is 1.44 bits per heavy atom. The molecule has 1 N–H and O–H groups in total. The van der Waals surface area contributed by atoms with E-state index in [-0.39, 0.29) is 0 Å². The zero-order chi connectivity index (χ0) is 6.27. The minimum absolute atomic E-state index is 0.759. The molecule has 1 nitrogen and oxygen atoms in total. The Balaban J connectivity index is 2.53. The van der Waals surface area contributed by atoms with Gasteiger partial charge in [-0.05, 0) is 5.57 Å². The summed E-state index contributed by atoms with van der Waals surface area (Å²) in [4.78, 5) is 0. The van der Waals surface area contributed by atoms with Gasteiger partial charge in [-0.2, -0.15) is 0 Å². The Kier molecular flexibility index (Phi) is 0.758. The number of allylic oxidation sites excluding steroid dienone is 6. The monoisotopic (exact) mass is 117 g/mol. The van der Waals surface area contributed by atoms with Crippen molar-refractivity contribution >= 4 is 5.71 Å². The summed E-state index contributed by atoms with van der Waals surface area (Å²) in [5.74, 6) is 0. The van der Waals surface area contributed by atoms with Crippen LogP contribution >= 0.6 is 0 Å². The van der Waals surface area contributed by atoms with Crippen molar-refractivity contribution in [3.63, 3.8) is 0 Å². The number of rotatable bonds is 0. The van der Waals surface area contributed by atoms with Gasteiger partial charge in [0.15, 0.2) is 0 Å². The van der Waals surface area contributed by atoms with Crippen LogP contribution in [0.1, 0.15) is 6.42 Å². The molecule has 9 heavy (non-hydrogen) atoms. The molecule has 2 aliphatic rings. The van der Waals surface area contributed by atoms with Crippen LogP contribution in [-0.2, 0) is 0 Å². The van der Waals surface area contributed by atoms with E-state index >= 15 is 0 Å². The standard InChI is InChI=1S/C8H7N/c9-8-5-4-6-2-1-3-7(6)8/h1-4,9H,5H2. The Morgan fingerprint density at radius 3 is 3.11 bits per heavy atom. The van der Waals surface area contributed by atoms with E-state index in [2.05, 4.69) is 12.2 Å². The normalized spacial score (nSPS) is 22.0. The fraction of sp³-hybridized carbons (Fsp3) is 0.125. The van der Waals surface area contributed by atoms with Crippen LogP contribution in [0.3, 0.4) is 0 Å². The molecule has 0 saturated heterocycles. The minimum Gasteiger partial charge on any atom is -0.304 e. The van der Waals surface area contributed by atoms with Crippen LogP contribution in [0.25, 0.3) is 0 Å². The van der Waals surface area contributed by atoms with Gasteiger partial charge >= 0.3 is 0 Å². The molecular formula is C8H7N. The van der Waals surface area contributed by atoms with Crippen LogP contribution < -0.4 is 0 Å². The van der Waals surface area contributed by atoms with E-state index in [1.165, 1.54) is 5.57 Å². The summed E-state index contributed by atoms with van der Waals surface area (Å²) in [5.41, 5.74) is 3.12. The number of nitrogens with one attached hydrogen (secondary N) is 1. The summed E-state index contributed by atoms with van der Waals surface area (Å²) in [5, 5.41) is 7.42. The van der Waals surface area contributed by atoms with E-state index in [4.69, 9.17) is 5.41 Å². The molecule has 1 heteroatoms. The van der Waals surface area contributed by atoms with Crippen molar-refractivity contribution in [3.05, 3.63) is 35.5 Å². The van der Waals surface area contributed by atoms with Crippen molar-refractivity contribution in [2.45, 2.75) is 6.42 Å². The molecule has 0 fully saturated rings. The molecule has 2 aliphatic carbocycles. The van der Waals surface area contributed by atoms with Crippen molar-refractivity contribution in [1.29, 1.82) is 5.41 Å². The van der Waals surface area contributed by atoms with Gasteiger partial charge in [0.25, 0.3) is 0 Å². The molecule has 0 spiro atoms. The van der Waals surface area contributed by atoms with Crippen molar-refractivity contribution in [2.24, 2.45) is 0 Å². The Morgan fingerprint density at radius 2 is 2.33 bits per heavy atom. The van der Waals surface area contributed by atoms with E-state index in [1.54, 1.807) is 0 Å². The van der Waals surface area contributed by atoms with Crippen molar-refractivity contribution in [3.8, 4) is 0 Å².